The number of nitrogens with two attached hydrogens (primary N) is 1. The summed E-state index contributed by atoms with van der Waals surface area (Å²) >= 11 is 0. The van der Waals surface area contributed by atoms with Crippen LogP contribution in [0.1, 0.15) is 0 Å². The van der Waals surface area contributed by atoms with Gasteiger partial charge in [-0.15, -0.1) is 0 Å². The van der Waals surface area contributed by atoms with Crippen molar-refractivity contribution in [3.63, 3.8) is 0 Å². The van der Waals surface area contributed by atoms with Gasteiger partial charge in [-0.3, -0.25) is 14.9 Å². The van der Waals surface area contributed by atoms with E-state index in [1.807, 2.05) is 5.32 Å². The Bertz CT molecular complexity index is 655. The summed E-state index contributed by atoms with van der Waals surface area (Å²) in [4.78, 5) is 22.4. The summed E-state index contributed by atoms with van der Waals surface area (Å²) in [7, 11) is -2.71. The molecule has 1 saturated heterocycles. The van der Waals surface area contributed by atoms with Crippen molar-refractivity contribution in [2.45, 2.75) is 4.90 Å². The minimum absolute atomic E-state index is 0.0587. The highest BCUT2D eigenvalue weighted by Crippen LogP contribution is 2.28. The highest BCUT2D eigenvalue weighted by molar-refractivity contribution is 7.89. The van der Waals surface area contributed by atoms with Crippen LogP contribution in [0.2, 0.25) is 0 Å². The summed E-state index contributed by atoms with van der Waals surface area (Å²) in [5, 5.41) is 2.04. The first kappa shape index (κ1) is 14.3. The second-order valence-electron chi connectivity index (χ2n) is 4.15. The Labute approximate surface area is 115 Å². The van der Waals surface area contributed by atoms with Crippen molar-refractivity contribution in [3.8, 4) is 5.75 Å². The van der Waals surface area contributed by atoms with Crippen molar-refractivity contribution < 1.29 is 22.7 Å². The van der Waals surface area contributed by atoms with Crippen molar-refractivity contribution >= 4 is 27.5 Å². The molecule has 0 aromatic heterocycles. The van der Waals surface area contributed by atoms with Gasteiger partial charge in [0.25, 0.3) is 0 Å². The third-order valence-electron chi connectivity index (χ3n) is 2.72. The predicted molar refractivity (Wildman–Crippen MR) is 69.3 cm³/mol. The average molecular weight is 299 g/mol. The molecule has 2 amide bonds. The molecule has 1 aliphatic rings. The molecule has 1 aromatic carbocycles. The number of carbonyl (C=O) groups is 2. The fourth-order valence-corrected chi connectivity index (χ4v) is 3.31. The molecule has 1 aliphatic heterocycles. The highest BCUT2D eigenvalue weighted by atomic mass is 32.2. The summed E-state index contributed by atoms with van der Waals surface area (Å²) in [5.41, 5.74) is 5.90. The lowest BCUT2D eigenvalue weighted by Gasteiger charge is -2.25. The molecule has 0 saturated carbocycles. The van der Waals surface area contributed by atoms with Crippen LogP contribution in [-0.2, 0) is 19.6 Å². The zero-order valence-corrected chi connectivity index (χ0v) is 11.4. The molecule has 1 fully saturated rings. The quantitative estimate of drug-likeness (QED) is 0.541. The standard InChI is InChI=1S/C11H13N3O5S/c1-19-8-4-7(12)2-3-9(8)20(17,18)14-5-10(15)13-11(16)6-14/h2-4H,5-6,12H2,1H3,(H,13,15,16). The maximum absolute atomic E-state index is 12.4. The van der Waals surface area contributed by atoms with Gasteiger partial charge in [-0.25, -0.2) is 8.42 Å². The lowest BCUT2D eigenvalue weighted by atomic mass is 10.3. The molecule has 108 valence electrons. The molecule has 0 bridgehead atoms. The van der Waals surface area contributed by atoms with Crippen LogP contribution in [0.25, 0.3) is 0 Å². The summed E-state index contributed by atoms with van der Waals surface area (Å²) in [5.74, 6) is -1.28. The van der Waals surface area contributed by atoms with Gasteiger partial charge in [0.05, 0.1) is 20.2 Å². The fourth-order valence-electron chi connectivity index (χ4n) is 1.82. The van der Waals surface area contributed by atoms with E-state index < -0.39 is 34.9 Å². The number of ether oxygens (including phenoxy) is 1. The van der Waals surface area contributed by atoms with Crippen LogP contribution in [0.3, 0.4) is 0 Å². The Morgan fingerprint density at radius 2 is 1.85 bits per heavy atom. The smallest absolute Gasteiger partial charge is 0.247 e. The highest BCUT2D eigenvalue weighted by Gasteiger charge is 2.34. The Morgan fingerprint density at radius 3 is 2.40 bits per heavy atom. The number of carbonyl (C=O) groups excluding carboxylic acids is 2. The maximum Gasteiger partial charge on any atom is 0.247 e. The van der Waals surface area contributed by atoms with Gasteiger partial charge in [-0.1, -0.05) is 0 Å². The van der Waals surface area contributed by atoms with Crippen LogP contribution >= 0.6 is 0 Å². The van der Waals surface area contributed by atoms with Crippen LogP contribution in [0.15, 0.2) is 23.1 Å². The monoisotopic (exact) mass is 299 g/mol. The van der Waals surface area contributed by atoms with E-state index in [1.54, 1.807) is 0 Å². The number of imide groups is 1. The predicted octanol–water partition coefficient (Wildman–Crippen LogP) is -1.08. The van der Waals surface area contributed by atoms with Crippen molar-refractivity contribution in [2.75, 3.05) is 25.9 Å². The Morgan fingerprint density at radius 1 is 1.25 bits per heavy atom. The molecular formula is C11H13N3O5S. The third kappa shape index (κ3) is 2.58. The van der Waals surface area contributed by atoms with Gasteiger partial charge in [0.2, 0.25) is 21.8 Å². The van der Waals surface area contributed by atoms with Gasteiger partial charge in [-0.05, 0) is 12.1 Å². The molecule has 1 aromatic rings. The van der Waals surface area contributed by atoms with Crippen molar-refractivity contribution in [3.05, 3.63) is 18.2 Å². The molecule has 0 aliphatic carbocycles. The number of piperazine rings is 1. The second-order valence-corrected chi connectivity index (χ2v) is 6.06. The second kappa shape index (κ2) is 5.10. The number of anilines is 1. The number of benzene rings is 1. The summed E-state index contributed by atoms with van der Waals surface area (Å²) in [6.07, 6.45) is 0. The lowest BCUT2D eigenvalue weighted by Crippen LogP contribution is -2.53. The first-order chi connectivity index (χ1) is 9.34. The molecule has 3 N–H and O–H groups in total. The number of nitrogen functional groups attached to an aromatic ring is 1. The number of rotatable bonds is 3. The number of amides is 2. The van der Waals surface area contributed by atoms with Crippen LogP contribution in [0.5, 0.6) is 5.75 Å². The van der Waals surface area contributed by atoms with Gasteiger partial charge in [0.15, 0.2) is 0 Å². The summed E-state index contributed by atoms with van der Waals surface area (Å²) in [6.45, 7) is -0.830. The van der Waals surface area contributed by atoms with Gasteiger partial charge >= 0.3 is 0 Å². The van der Waals surface area contributed by atoms with Gasteiger partial charge in [0, 0.05) is 11.8 Å². The molecule has 0 radical (unpaired) electrons. The van der Waals surface area contributed by atoms with Crippen LogP contribution < -0.4 is 15.8 Å². The first-order valence-electron chi connectivity index (χ1n) is 5.61. The van der Waals surface area contributed by atoms with E-state index in [2.05, 4.69) is 0 Å². The van der Waals surface area contributed by atoms with Crippen molar-refractivity contribution in [2.24, 2.45) is 0 Å². The van der Waals surface area contributed by atoms with E-state index in [1.165, 1.54) is 25.3 Å². The van der Waals surface area contributed by atoms with Crippen LogP contribution in [0.4, 0.5) is 5.69 Å². The molecule has 1 heterocycles. The number of methoxy groups -OCH3 is 1. The molecule has 2 rings (SSSR count). The Hall–Kier alpha value is -2.13. The van der Waals surface area contributed by atoms with Crippen molar-refractivity contribution in [1.82, 2.24) is 9.62 Å². The normalized spacial score (nSPS) is 16.9. The van der Waals surface area contributed by atoms with Gasteiger partial charge in [0.1, 0.15) is 10.6 Å². The Balaban J connectivity index is 2.45. The summed E-state index contributed by atoms with van der Waals surface area (Å²) < 4.78 is 30.7. The number of sulfonamides is 1. The number of nitrogens with one attached hydrogen (secondary N) is 1. The van der Waals surface area contributed by atoms with Crippen LogP contribution in [0, 0.1) is 0 Å². The molecule has 8 nitrogen and oxygen atoms in total. The largest absolute Gasteiger partial charge is 0.495 e. The number of hydrogen-bond acceptors (Lipinski definition) is 6. The minimum Gasteiger partial charge on any atom is -0.495 e. The zero-order chi connectivity index (χ0) is 14.9. The van der Waals surface area contributed by atoms with E-state index in [0.29, 0.717) is 5.69 Å². The van der Waals surface area contributed by atoms with Crippen LogP contribution in [-0.4, -0.2) is 44.7 Å². The maximum atomic E-state index is 12.4. The van der Waals surface area contributed by atoms with Gasteiger partial charge < -0.3 is 10.5 Å². The topological polar surface area (TPSA) is 119 Å². The Kier molecular flexibility index (Phi) is 3.64. The molecule has 0 spiro atoms. The summed E-state index contributed by atoms with van der Waals surface area (Å²) in [6, 6.07) is 4.04. The number of nitrogens with zero attached hydrogens (tertiary/aromatic N) is 1. The van der Waals surface area contributed by atoms with Gasteiger partial charge in [-0.2, -0.15) is 4.31 Å². The van der Waals surface area contributed by atoms with E-state index >= 15 is 0 Å². The minimum atomic E-state index is -4.02. The SMILES string of the molecule is COc1cc(N)ccc1S(=O)(=O)N1CC(=O)NC(=O)C1. The molecule has 0 unspecified atom stereocenters. The van der Waals surface area contributed by atoms with E-state index in [-0.39, 0.29) is 10.6 Å². The molecule has 0 atom stereocenters. The molecule has 20 heavy (non-hydrogen) atoms. The molecular weight excluding hydrogens is 286 g/mol. The lowest BCUT2D eigenvalue weighted by molar-refractivity contribution is -0.134. The van der Waals surface area contributed by atoms with E-state index in [9.17, 15) is 18.0 Å². The number of hydrogen-bond donors (Lipinski definition) is 2. The first-order valence-corrected chi connectivity index (χ1v) is 7.05. The average Bonchev–Trinajstić information content (AvgIpc) is 2.37. The fraction of sp³-hybridized carbons (Fsp3) is 0.273. The van der Waals surface area contributed by atoms with E-state index in [0.717, 1.165) is 4.31 Å². The third-order valence-corrected chi connectivity index (χ3v) is 4.56. The van der Waals surface area contributed by atoms with Crippen molar-refractivity contribution in [1.29, 1.82) is 0 Å². The van der Waals surface area contributed by atoms with E-state index in [4.69, 9.17) is 10.5 Å². The zero-order valence-electron chi connectivity index (χ0n) is 10.6. The molecule has 9 heteroatoms.